The molecule has 2 rings (SSSR count). The Morgan fingerprint density at radius 2 is 2.31 bits per heavy atom. The Hall–Kier alpha value is -0.800. The molecule has 0 aliphatic carbocycles. The molecule has 1 unspecified atom stereocenters. The number of nitrogens with one attached hydrogen (secondary N) is 1. The van der Waals surface area contributed by atoms with Crippen molar-refractivity contribution in [3.05, 3.63) is 24.2 Å². The Bertz CT molecular complexity index is 482. The van der Waals surface area contributed by atoms with Gasteiger partial charge in [0, 0.05) is 45.6 Å². The van der Waals surface area contributed by atoms with Crippen LogP contribution in [0.5, 0.6) is 0 Å². The number of unbranched alkanes of at least 4 members (excludes halogenated alkanes) is 1. The summed E-state index contributed by atoms with van der Waals surface area (Å²) in [4.78, 5) is 7.16. The smallest absolute Gasteiger partial charge is 0.193 e. The SMILES string of the molecule is CCCCN=C(NCCc1ccco1)N1CCC(COCCOC)C1.I. The zero-order chi connectivity index (χ0) is 17.7. The first-order chi connectivity index (χ1) is 12.3. The van der Waals surface area contributed by atoms with E-state index in [2.05, 4.69) is 17.1 Å². The number of methoxy groups -OCH3 is 1. The molecule has 0 spiro atoms. The summed E-state index contributed by atoms with van der Waals surface area (Å²) in [6, 6.07) is 3.94. The highest BCUT2D eigenvalue weighted by Gasteiger charge is 2.25. The van der Waals surface area contributed by atoms with E-state index in [4.69, 9.17) is 18.9 Å². The Morgan fingerprint density at radius 3 is 3.04 bits per heavy atom. The van der Waals surface area contributed by atoms with E-state index in [0.29, 0.717) is 19.1 Å². The van der Waals surface area contributed by atoms with Gasteiger partial charge < -0.3 is 24.1 Å². The van der Waals surface area contributed by atoms with Crippen molar-refractivity contribution < 1.29 is 13.9 Å². The van der Waals surface area contributed by atoms with Crippen LogP contribution in [0.1, 0.15) is 31.9 Å². The summed E-state index contributed by atoms with van der Waals surface area (Å²) < 4.78 is 16.1. The minimum atomic E-state index is 0. The molecule has 0 aromatic carbocycles. The van der Waals surface area contributed by atoms with Crippen LogP contribution < -0.4 is 5.32 Å². The molecule has 1 fully saturated rings. The maximum atomic E-state index is 5.69. The number of hydrogen-bond acceptors (Lipinski definition) is 4. The van der Waals surface area contributed by atoms with E-state index < -0.39 is 0 Å². The summed E-state index contributed by atoms with van der Waals surface area (Å²) in [5.74, 6) is 2.60. The molecule has 1 aliphatic heterocycles. The Kier molecular flexibility index (Phi) is 12.8. The van der Waals surface area contributed by atoms with Crippen LogP contribution in [0, 0.1) is 5.92 Å². The number of rotatable bonds is 11. The summed E-state index contributed by atoms with van der Waals surface area (Å²) >= 11 is 0. The van der Waals surface area contributed by atoms with E-state index in [1.165, 1.54) is 6.42 Å². The highest BCUT2D eigenvalue weighted by Crippen LogP contribution is 2.16. The number of likely N-dealkylation sites (tertiary alicyclic amines) is 1. The maximum absolute atomic E-state index is 5.69. The first-order valence-corrected chi connectivity index (χ1v) is 9.45. The Balaban J connectivity index is 0.00000338. The van der Waals surface area contributed by atoms with Gasteiger partial charge in [-0.2, -0.15) is 0 Å². The second kappa shape index (κ2) is 14.3. The molecule has 7 heteroatoms. The lowest BCUT2D eigenvalue weighted by molar-refractivity contribution is 0.0536. The third kappa shape index (κ3) is 8.73. The molecular weight excluding hydrogens is 445 g/mol. The summed E-state index contributed by atoms with van der Waals surface area (Å²) in [6.45, 7) is 8.09. The Labute approximate surface area is 174 Å². The van der Waals surface area contributed by atoms with Gasteiger partial charge in [-0.1, -0.05) is 13.3 Å². The number of aliphatic imine (C=N–C) groups is 1. The van der Waals surface area contributed by atoms with Crippen molar-refractivity contribution in [1.82, 2.24) is 10.2 Å². The molecule has 0 amide bonds. The number of guanidine groups is 1. The second-order valence-corrected chi connectivity index (χ2v) is 6.48. The summed E-state index contributed by atoms with van der Waals surface area (Å²) in [6.07, 6.45) is 6.04. The predicted octanol–water partition coefficient (Wildman–Crippen LogP) is 3.17. The average Bonchev–Trinajstić information content (AvgIpc) is 3.29. The second-order valence-electron chi connectivity index (χ2n) is 6.48. The third-order valence-electron chi connectivity index (χ3n) is 4.38. The average molecular weight is 479 g/mol. The normalized spacial score (nSPS) is 17.4. The monoisotopic (exact) mass is 479 g/mol. The molecule has 0 saturated carbocycles. The van der Waals surface area contributed by atoms with Gasteiger partial charge >= 0.3 is 0 Å². The number of halogens is 1. The van der Waals surface area contributed by atoms with Crippen molar-refractivity contribution in [2.24, 2.45) is 10.9 Å². The first-order valence-electron chi connectivity index (χ1n) is 9.45. The maximum Gasteiger partial charge on any atom is 0.193 e. The first kappa shape index (κ1) is 23.2. The van der Waals surface area contributed by atoms with Crippen molar-refractivity contribution >= 4 is 29.9 Å². The molecule has 1 aromatic heterocycles. The van der Waals surface area contributed by atoms with E-state index in [1.807, 2.05) is 12.1 Å². The number of nitrogens with zero attached hydrogens (tertiary/aromatic N) is 2. The summed E-state index contributed by atoms with van der Waals surface area (Å²) in [5, 5.41) is 3.51. The molecule has 1 aromatic rings. The number of hydrogen-bond donors (Lipinski definition) is 1. The van der Waals surface area contributed by atoms with Crippen molar-refractivity contribution in [3.63, 3.8) is 0 Å². The van der Waals surface area contributed by atoms with Crippen LogP contribution in [0.4, 0.5) is 0 Å². The molecule has 2 heterocycles. The quantitative estimate of drug-likeness (QED) is 0.229. The van der Waals surface area contributed by atoms with Crippen LogP contribution in [0.2, 0.25) is 0 Å². The van der Waals surface area contributed by atoms with Crippen LogP contribution in [-0.4, -0.2) is 64.0 Å². The molecule has 0 bridgehead atoms. The van der Waals surface area contributed by atoms with E-state index in [-0.39, 0.29) is 24.0 Å². The fraction of sp³-hybridized carbons (Fsp3) is 0.737. The van der Waals surface area contributed by atoms with Crippen molar-refractivity contribution in [1.29, 1.82) is 0 Å². The number of ether oxygens (including phenoxy) is 2. The molecule has 1 N–H and O–H groups in total. The van der Waals surface area contributed by atoms with Gasteiger partial charge in [-0.15, -0.1) is 24.0 Å². The predicted molar refractivity (Wildman–Crippen MR) is 115 cm³/mol. The van der Waals surface area contributed by atoms with Crippen molar-refractivity contribution in [2.45, 2.75) is 32.6 Å². The molecule has 1 atom stereocenters. The van der Waals surface area contributed by atoms with Gasteiger partial charge in [0.1, 0.15) is 5.76 Å². The van der Waals surface area contributed by atoms with Crippen LogP contribution in [0.15, 0.2) is 27.8 Å². The standard InChI is InChI=1S/C19H33N3O3.HI/c1-3-4-9-20-19(21-10-7-18-6-5-12-25-18)22-11-8-17(15-22)16-24-14-13-23-2;/h5-6,12,17H,3-4,7-11,13-16H2,1-2H3,(H,20,21);1H. The van der Waals surface area contributed by atoms with Crippen LogP contribution in [-0.2, 0) is 15.9 Å². The molecule has 26 heavy (non-hydrogen) atoms. The number of furan rings is 1. The van der Waals surface area contributed by atoms with Crippen molar-refractivity contribution in [3.8, 4) is 0 Å². The fourth-order valence-electron chi connectivity index (χ4n) is 2.92. The molecule has 0 radical (unpaired) electrons. The lowest BCUT2D eigenvalue weighted by Gasteiger charge is -2.22. The van der Waals surface area contributed by atoms with Gasteiger partial charge in [-0.3, -0.25) is 4.99 Å². The van der Waals surface area contributed by atoms with E-state index >= 15 is 0 Å². The van der Waals surface area contributed by atoms with Gasteiger partial charge in [0.25, 0.3) is 0 Å². The van der Waals surface area contributed by atoms with Crippen LogP contribution >= 0.6 is 24.0 Å². The highest BCUT2D eigenvalue weighted by atomic mass is 127. The van der Waals surface area contributed by atoms with Gasteiger partial charge in [0.2, 0.25) is 0 Å². The van der Waals surface area contributed by atoms with E-state index in [1.54, 1.807) is 13.4 Å². The van der Waals surface area contributed by atoms with Crippen LogP contribution in [0.3, 0.4) is 0 Å². The summed E-state index contributed by atoms with van der Waals surface area (Å²) in [7, 11) is 1.70. The molecule has 1 saturated heterocycles. The van der Waals surface area contributed by atoms with Gasteiger partial charge in [-0.05, 0) is 25.0 Å². The van der Waals surface area contributed by atoms with Gasteiger partial charge in [-0.25, -0.2) is 0 Å². The molecule has 150 valence electrons. The largest absolute Gasteiger partial charge is 0.469 e. The van der Waals surface area contributed by atoms with E-state index in [0.717, 1.165) is 63.8 Å². The highest BCUT2D eigenvalue weighted by molar-refractivity contribution is 14.0. The topological polar surface area (TPSA) is 59.2 Å². The fourth-order valence-corrected chi connectivity index (χ4v) is 2.92. The van der Waals surface area contributed by atoms with Gasteiger partial charge in [0.05, 0.1) is 26.1 Å². The molecule has 6 nitrogen and oxygen atoms in total. The summed E-state index contributed by atoms with van der Waals surface area (Å²) in [5.41, 5.74) is 0. The molecular formula is C19H34IN3O3. The zero-order valence-electron chi connectivity index (χ0n) is 16.1. The molecule has 1 aliphatic rings. The zero-order valence-corrected chi connectivity index (χ0v) is 18.4. The van der Waals surface area contributed by atoms with Crippen molar-refractivity contribution in [2.75, 3.05) is 53.1 Å². The van der Waals surface area contributed by atoms with E-state index in [9.17, 15) is 0 Å². The Morgan fingerprint density at radius 1 is 1.42 bits per heavy atom. The minimum absolute atomic E-state index is 0. The lowest BCUT2D eigenvalue weighted by Crippen LogP contribution is -2.41. The van der Waals surface area contributed by atoms with Crippen LogP contribution in [0.25, 0.3) is 0 Å². The third-order valence-corrected chi connectivity index (χ3v) is 4.38. The minimum Gasteiger partial charge on any atom is -0.469 e. The van der Waals surface area contributed by atoms with Gasteiger partial charge in [0.15, 0.2) is 5.96 Å². The lowest BCUT2D eigenvalue weighted by atomic mass is 10.1.